The van der Waals surface area contributed by atoms with Gasteiger partial charge in [0.15, 0.2) is 5.82 Å². The summed E-state index contributed by atoms with van der Waals surface area (Å²) in [7, 11) is -0.324. The lowest BCUT2D eigenvalue weighted by atomic mass is 9.79. The summed E-state index contributed by atoms with van der Waals surface area (Å²) in [4.78, 5) is 36.7. The van der Waals surface area contributed by atoms with Gasteiger partial charge < -0.3 is 38.2 Å². The molecular formula is C60H60BF2IN10O6. The van der Waals surface area contributed by atoms with Crippen LogP contribution in [0.1, 0.15) is 34.1 Å². The molecule has 0 amide bonds. The van der Waals surface area contributed by atoms with Crippen LogP contribution < -0.4 is 14.9 Å². The quantitative estimate of drug-likeness (QED) is 0.0875. The van der Waals surface area contributed by atoms with E-state index in [4.69, 9.17) is 28.3 Å². The zero-order valence-electron chi connectivity index (χ0n) is 44.9. The molecule has 410 valence electrons. The molecule has 0 saturated carbocycles. The summed E-state index contributed by atoms with van der Waals surface area (Å²) >= 11 is 2.01. The SMILES string of the molecule is CC1(C)OB(c2ccc(OCCN3CCCOC3)cc2)OC1(C)C.Fc1cnc2[nH]c3cnc(-c4cccnc4)cc3c2c1-c1ccc(OCCN2CCOCC2)cc1.Fc1cnc2[nH]c3cnc(-c4cccnc4)cc3c2c1I. The Bertz CT molecular complexity index is 3700. The first-order valence-electron chi connectivity index (χ1n) is 26.7. The highest BCUT2D eigenvalue weighted by Gasteiger charge is 2.51. The first-order valence-corrected chi connectivity index (χ1v) is 27.8. The number of nitrogens with one attached hydrogen (secondary N) is 2. The molecule has 0 bridgehead atoms. The largest absolute Gasteiger partial charge is 0.494 e. The fraction of sp³-hybridized carbons (Fsp3) is 0.300. The molecule has 8 aromatic heterocycles. The van der Waals surface area contributed by atoms with Crippen LogP contribution in [0.5, 0.6) is 11.5 Å². The van der Waals surface area contributed by atoms with Crippen LogP contribution in [0.4, 0.5) is 8.78 Å². The Morgan fingerprint density at radius 3 is 1.71 bits per heavy atom. The van der Waals surface area contributed by atoms with Crippen LogP contribution in [-0.4, -0.2) is 140 Å². The van der Waals surface area contributed by atoms with Gasteiger partial charge in [-0.05, 0) is 128 Å². The number of H-pyrrole nitrogens is 2. The highest BCUT2D eigenvalue weighted by Crippen LogP contribution is 2.39. The number of halogens is 3. The molecule has 10 aromatic rings. The van der Waals surface area contributed by atoms with Crippen molar-refractivity contribution in [3.8, 4) is 45.1 Å². The monoisotopic (exact) mass is 1190 g/mol. The van der Waals surface area contributed by atoms with Crippen LogP contribution in [0.2, 0.25) is 0 Å². The summed E-state index contributed by atoms with van der Waals surface area (Å²) in [6.07, 6.45) is 14.1. The fourth-order valence-electron chi connectivity index (χ4n) is 9.71. The van der Waals surface area contributed by atoms with Gasteiger partial charge in [0, 0.05) is 102 Å². The summed E-state index contributed by atoms with van der Waals surface area (Å²) in [5, 5.41) is 3.30. The number of benzene rings is 2. The maximum absolute atomic E-state index is 15.2. The zero-order chi connectivity index (χ0) is 55.2. The highest BCUT2D eigenvalue weighted by molar-refractivity contribution is 14.1. The van der Waals surface area contributed by atoms with Crippen molar-refractivity contribution in [3.05, 3.63) is 150 Å². The summed E-state index contributed by atoms with van der Waals surface area (Å²) < 4.78 is 64.2. The number of ether oxygens (including phenoxy) is 4. The van der Waals surface area contributed by atoms with E-state index in [2.05, 4.69) is 77.4 Å². The van der Waals surface area contributed by atoms with E-state index in [9.17, 15) is 4.39 Å². The Hall–Kier alpha value is -7.05. The van der Waals surface area contributed by atoms with Gasteiger partial charge in [-0.15, -0.1) is 0 Å². The smallest absolute Gasteiger partial charge is 0.492 e. The second kappa shape index (κ2) is 24.4. The normalized spacial score (nSPS) is 16.4. The molecule has 2 N–H and O–H groups in total. The van der Waals surface area contributed by atoms with Gasteiger partial charge in [0.2, 0.25) is 0 Å². The minimum absolute atomic E-state index is 0.316. The molecule has 20 heteroatoms. The van der Waals surface area contributed by atoms with Gasteiger partial charge >= 0.3 is 7.12 Å². The van der Waals surface area contributed by atoms with Crippen molar-refractivity contribution in [2.24, 2.45) is 0 Å². The first kappa shape index (κ1) is 54.9. The number of aromatic nitrogens is 8. The molecule has 0 aliphatic carbocycles. The second-order valence-corrected chi connectivity index (χ2v) is 21.7. The van der Waals surface area contributed by atoms with Gasteiger partial charge in [-0.2, -0.15) is 0 Å². The van der Waals surface area contributed by atoms with Crippen molar-refractivity contribution in [3.63, 3.8) is 0 Å². The van der Waals surface area contributed by atoms with E-state index in [0.717, 1.165) is 137 Å². The van der Waals surface area contributed by atoms with E-state index in [-0.39, 0.29) is 30.0 Å². The van der Waals surface area contributed by atoms with Crippen molar-refractivity contribution >= 4 is 79.0 Å². The number of fused-ring (bicyclic) bond motifs is 6. The molecule has 0 unspecified atom stereocenters. The van der Waals surface area contributed by atoms with Gasteiger partial charge in [-0.1, -0.05) is 24.3 Å². The number of rotatable bonds is 12. The highest BCUT2D eigenvalue weighted by atomic mass is 127. The molecule has 80 heavy (non-hydrogen) atoms. The molecule has 0 radical (unpaired) electrons. The van der Waals surface area contributed by atoms with E-state index >= 15 is 4.39 Å². The molecule has 0 atom stereocenters. The lowest BCUT2D eigenvalue weighted by molar-refractivity contribution is -0.0181. The summed E-state index contributed by atoms with van der Waals surface area (Å²) in [6.45, 7) is 17.3. The molecule has 3 fully saturated rings. The van der Waals surface area contributed by atoms with Crippen LogP contribution in [0.25, 0.3) is 77.5 Å². The van der Waals surface area contributed by atoms with Crippen molar-refractivity contribution in [2.45, 2.75) is 45.3 Å². The summed E-state index contributed by atoms with van der Waals surface area (Å²) in [5.74, 6) is 0.936. The van der Waals surface area contributed by atoms with Crippen LogP contribution in [0, 0.1) is 15.2 Å². The average molecular weight is 1190 g/mol. The average Bonchev–Trinajstić information content (AvgIpc) is 4.30. The third kappa shape index (κ3) is 12.3. The van der Waals surface area contributed by atoms with Gasteiger partial charge in [-0.3, -0.25) is 29.7 Å². The van der Waals surface area contributed by atoms with Crippen molar-refractivity contribution in [2.75, 3.05) is 72.5 Å². The molecule has 13 rings (SSSR count). The fourth-order valence-corrected chi connectivity index (χ4v) is 10.4. The maximum atomic E-state index is 15.2. The predicted molar refractivity (Wildman–Crippen MR) is 315 cm³/mol. The summed E-state index contributed by atoms with van der Waals surface area (Å²) in [5.41, 5.74) is 7.97. The van der Waals surface area contributed by atoms with Gasteiger partial charge in [0.25, 0.3) is 0 Å². The lowest BCUT2D eigenvalue weighted by Crippen LogP contribution is -2.41. The predicted octanol–water partition coefficient (Wildman–Crippen LogP) is 10.7. The topological polar surface area (TPSA) is 171 Å². The zero-order valence-corrected chi connectivity index (χ0v) is 47.1. The third-order valence-electron chi connectivity index (χ3n) is 14.8. The van der Waals surface area contributed by atoms with Gasteiger partial charge in [0.1, 0.15) is 41.8 Å². The number of hydrogen-bond acceptors (Lipinski definition) is 14. The molecule has 3 saturated heterocycles. The van der Waals surface area contributed by atoms with Crippen LogP contribution in [0.3, 0.4) is 0 Å². The first-order chi connectivity index (χ1) is 38.9. The van der Waals surface area contributed by atoms with Crippen LogP contribution in [-0.2, 0) is 18.8 Å². The van der Waals surface area contributed by atoms with E-state index in [1.54, 1.807) is 37.2 Å². The molecule has 3 aliphatic heterocycles. The maximum Gasteiger partial charge on any atom is 0.494 e. The Balaban J connectivity index is 0.000000132. The van der Waals surface area contributed by atoms with Crippen LogP contribution >= 0.6 is 22.6 Å². The minimum atomic E-state index is -0.376. The van der Waals surface area contributed by atoms with Gasteiger partial charge in [0.05, 0.1) is 81.9 Å². The standard InChI is InChI=1S/C27H24FN5O2.C18H28BNO4.C15H8FIN4/c28-22-16-31-27-26(21-14-23(30-17-24(21)32-27)19-2-1-7-29-15-19)25(22)18-3-5-20(6-4-18)35-13-10-33-8-11-34-12-9-33;1-17(2)18(3,4)24-19(23-17)15-6-8-16(9-7-15)22-13-11-20-10-5-12-21-14-20;16-10-6-20-15-13(14(10)17)9-4-11(19-7-12(9)21-15)8-2-1-3-18-5-8/h1-7,14-17H,8-13H2,(H,31,32);6-9H,5,10-14H2,1-4H3;1-7H,(H,20,21). The molecular weight excluding hydrogens is 1130 g/mol. The number of aromatic amines is 2. The van der Waals surface area contributed by atoms with E-state index < -0.39 is 0 Å². The minimum Gasteiger partial charge on any atom is -0.492 e. The molecule has 16 nitrogen and oxygen atoms in total. The summed E-state index contributed by atoms with van der Waals surface area (Å²) in [6, 6.07) is 27.1. The number of pyridine rings is 6. The second-order valence-electron chi connectivity index (χ2n) is 20.7. The number of nitrogens with zero attached hydrogens (tertiary/aromatic N) is 8. The third-order valence-corrected chi connectivity index (χ3v) is 15.9. The van der Waals surface area contributed by atoms with Crippen LogP contribution in [0.15, 0.2) is 135 Å². The molecule has 2 aromatic carbocycles. The van der Waals surface area contributed by atoms with Crippen molar-refractivity contribution in [1.82, 2.24) is 49.7 Å². The Kier molecular flexibility index (Phi) is 16.7. The van der Waals surface area contributed by atoms with Crippen molar-refractivity contribution in [1.29, 1.82) is 0 Å². The number of morpholine rings is 1. The molecule has 3 aliphatic rings. The Morgan fingerprint density at radius 1 is 0.600 bits per heavy atom. The lowest BCUT2D eigenvalue weighted by Gasteiger charge is -2.32. The Labute approximate surface area is 475 Å². The van der Waals surface area contributed by atoms with E-state index in [0.29, 0.717) is 40.4 Å². The van der Waals surface area contributed by atoms with E-state index in [1.807, 2.05) is 108 Å². The molecule has 11 heterocycles. The van der Waals surface area contributed by atoms with Crippen molar-refractivity contribution < 1.29 is 37.0 Å². The molecule has 0 spiro atoms. The van der Waals surface area contributed by atoms with Gasteiger partial charge in [-0.25, -0.2) is 18.7 Å². The number of hydrogen-bond donors (Lipinski definition) is 2. The Morgan fingerprint density at radius 2 is 1.15 bits per heavy atom. The van der Waals surface area contributed by atoms with E-state index in [1.165, 1.54) is 12.4 Å².